The first-order chi connectivity index (χ1) is 10.3. The van der Waals surface area contributed by atoms with Crippen LogP contribution in [0.4, 0.5) is 4.79 Å². The first-order valence-corrected chi connectivity index (χ1v) is 8.79. The highest BCUT2D eigenvalue weighted by Gasteiger charge is 2.21. The molecule has 0 spiro atoms. The minimum absolute atomic E-state index is 0.0404. The van der Waals surface area contributed by atoms with Gasteiger partial charge in [-0.2, -0.15) is 11.8 Å². The lowest BCUT2D eigenvalue weighted by molar-refractivity contribution is 0.210. The third kappa shape index (κ3) is 4.06. The van der Waals surface area contributed by atoms with Crippen LogP contribution in [0.15, 0.2) is 24.3 Å². The number of hydrogen-bond acceptors (Lipinski definition) is 3. The molecule has 4 nitrogen and oxygen atoms in total. The number of carbonyl (C=O) groups is 1. The summed E-state index contributed by atoms with van der Waals surface area (Å²) >= 11 is 1.92. The van der Waals surface area contributed by atoms with Crippen LogP contribution in [0.1, 0.15) is 18.4 Å². The average Bonchev–Trinajstić information content (AvgIpc) is 2.54. The van der Waals surface area contributed by atoms with E-state index in [9.17, 15) is 4.79 Å². The van der Waals surface area contributed by atoms with Gasteiger partial charge in [-0.3, -0.25) is 0 Å². The van der Waals surface area contributed by atoms with Gasteiger partial charge in [-0.25, -0.2) is 4.79 Å². The Hall–Kier alpha value is -1.36. The fourth-order valence-corrected chi connectivity index (χ4v) is 3.92. The van der Waals surface area contributed by atoms with Gasteiger partial charge in [-0.15, -0.1) is 0 Å². The molecule has 2 aliphatic heterocycles. The molecule has 0 aromatic heterocycles. The fraction of sp³-hybridized carbons (Fsp3) is 0.562. The van der Waals surface area contributed by atoms with Gasteiger partial charge < -0.3 is 15.4 Å². The van der Waals surface area contributed by atoms with Crippen molar-refractivity contribution in [2.45, 2.75) is 25.3 Å². The molecule has 1 fully saturated rings. The lowest BCUT2D eigenvalue weighted by atomic mass is 9.97. The Kier molecular flexibility index (Phi) is 4.91. The van der Waals surface area contributed by atoms with Gasteiger partial charge in [-0.1, -0.05) is 18.2 Å². The molecule has 0 aliphatic carbocycles. The number of rotatable bonds is 3. The molecule has 2 aliphatic rings. The van der Waals surface area contributed by atoms with Crippen LogP contribution in [0.25, 0.3) is 0 Å². The van der Waals surface area contributed by atoms with Crippen molar-refractivity contribution < 1.29 is 9.53 Å². The molecule has 0 radical (unpaired) electrons. The lowest BCUT2D eigenvalue weighted by Gasteiger charge is -2.26. The van der Waals surface area contributed by atoms with E-state index < -0.39 is 0 Å². The van der Waals surface area contributed by atoms with Gasteiger partial charge in [0.1, 0.15) is 5.75 Å². The molecule has 21 heavy (non-hydrogen) atoms. The molecule has 1 aromatic carbocycles. The second-order valence-electron chi connectivity index (χ2n) is 5.76. The van der Waals surface area contributed by atoms with Gasteiger partial charge in [-0.05, 0) is 36.6 Å². The predicted molar refractivity (Wildman–Crippen MR) is 86.0 cm³/mol. The smallest absolute Gasteiger partial charge is 0.315 e. The van der Waals surface area contributed by atoms with Crippen LogP contribution in [-0.2, 0) is 6.42 Å². The second-order valence-corrected chi connectivity index (χ2v) is 6.91. The molecule has 0 unspecified atom stereocenters. The molecule has 3 rings (SSSR count). The third-order valence-electron chi connectivity index (χ3n) is 4.00. The second kappa shape index (κ2) is 7.07. The molecule has 2 N–H and O–H groups in total. The van der Waals surface area contributed by atoms with Crippen LogP contribution in [0.5, 0.6) is 5.75 Å². The van der Waals surface area contributed by atoms with Crippen LogP contribution < -0.4 is 15.4 Å². The normalized spacial score (nSPS) is 24.6. The minimum atomic E-state index is -0.0404. The molecule has 2 atom stereocenters. The maximum atomic E-state index is 11.9. The molecule has 0 saturated carbocycles. The van der Waals surface area contributed by atoms with Crippen molar-refractivity contribution in [2.24, 2.45) is 5.92 Å². The van der Waals surface area contributed by atoms with Crippen molar-refractivity contribution in [3.05, 3.63) is 29.8 Å². The van der Waals surface area contributed by atoms with Crippen LogP contribution in [0, 0.1) is 5.92 Å². The number of amides is 2. The Morgan fingerprint density at radius 2 is 2.29 bits per heavy atom. The number of hydrogen-bond donors (Lipinski definition) is 2. The summed E-state index contributed by atoms with van der Waals surface area (Å²) in [4.78, 5) is 11.9. The molecule has 5 heteroatoms. The highest BCUT2D eigenvalue weighted by Crippen LogP contribution is 2.26. The van der Waals surface area contributed by atoms with Crippen molar-refractivity contribution in [3.8, 4) is 5.75 Å². The highest BCUT2D eigenvalue weighted by atomic mass is 32.2. The van der Waals surface area contributed by atoms with E-state index in [1.165, 1.54) is 17.7 Å². The summed E-state index contributed by atoms with van der Waals surface area (Å²) in [7, 11) is 0. The van der Waals surface area contributed by atoms with Gasteiger partial charge in [0.15, 0.2) is 0 Å². The standard InChI is InChI=1S/C16H22N2O2S/c19-16(18-14-5-3-7-21-11-14)17-9-12-8-13-4-1-2-6-15(13)20-10-12/h1-2,4,6,12,14H,3,5,7-11H2,(H2,17,18,19)/t12-,14+/m1/s1. The van der Waals surface area contributed by atoms with Crippen LogP contribution in [0.3, 0.4) is 0 Å². The van der Waals surface area contributed by atoms with E-state index in [1.807, 2.05) is 30.0 Å². The number of para-hydroxylation sites is 1. The summed E-state index contributed by atoms with van der Waals surface area (Å²) in [6, 6.07) is 8.42. The molecule has 2 heterocycles. The van der Waals surface area contributed by atoms with Crippen molar-refractivity contribution in [1.82, 2.24) is 10.6 Å². The minimum Gasteiger partial charge on any atom is -0.493 e. The molecule has 114 valence electrons. The Morgan fingerprint density at radius 3 is 3.14 bits per heavy atom. The van der Waals surface area contributed by atoms with Crippen LogP contribution >= 0.6 is 11.8 Å². The molecular formula is C16H22N2O2S. The summed E-state index contributed by atoms with van der Waals surface area (Å²) in [5.41, 5.74) is 1.24. The van der Waals surface area contributed by atoms with E-state index in [0.29, 0.717) is 25.1 Å². The number of nitrogens with one attached hydrogen (secondary N) is 2. The number of carbonyl (C=O) groups excluding carboxylic acids is 1. The van der Waals surface area contributed by atoms with E-state index in [4.69, 9.17) is 4.74 Å². The SMILES string of the molecule is O=C(NC[C@@H]1COc2ccccc2C1)N[C@H]1CCCSC1. The Morgan fingerprint density at radius 1 is 1.38 bits per heavy atom. The number of thioether (sulfide) groups is 1. The van der Waals surface area contributed by atoms with Crippen molar-refractivity contribution in [2.75, 3.05) is 24.7 Å². The number of ether oxygens (including phenoxy) is 1. The predicted octanol–water partition coefficient (Wildman–Crippen LogP) is 2.43. The van der Waals surface area contributed by atoms with E-state index >= 15 is 0 Å². The molecule has 0 bridgehead atoms. The number of benzene rings is 1. The maximum Gasteiger partial charge on any atom is 0.315 e. The molecule has 2 amide bonds. The van der Waals surface area contributed by atoms with Crippen LogP contribution in [0.2, 0.25) is 0 Å². The zero-order valence-corrected chi connectivity index (χ0v) is 13.0. The Balaban J connectivity index is 1.42. The summed E-state index contributed by atoms with van der Waals surface area (Å²) in [6.45, 7) is 1.34. The third-order valence-corrected chi connectivity index (χ3v) is 5.22. The zero-order chi connectivity index (χ0) is 14.5. The average molecular weight is 306 g/mol. The highest BCUT2D eigenvalue weighted by molar-refractivity contribution is 7.99. The summed E-state index contributed by atoms with van der Waals surface area (Å²) in [6.07, 6.45) is 3.26. The summed E-state index contributed by atoms with van der Waals surface area (Å²) in [5.74, 6) is 3.59. The molecular weight excluding hydrogens is 284 g/mol. The number of urea groups is 1. The van der Waals surface area contributed by atoms with Crippen LogP contribution in [-0.4, -0.2) is 36.7 Å². The zero-order valence-electron chi connectivity index (χ0n) is 12.1. The van der Waals surface area contributed by atoms with Crippen molar-refractivity contribution >= 4 is 17.8 Å². The van der Waals surface area contributed by atoms with Crippen molar-refractivity contribution in [1.29, 1.82) is 0 Å². The molecule has 1 saturated heterocycles. The lowest BCUT2D eigenvalue weighted by Crippen LogP contribution is -2.46. The van der Waals surface area contributed by atoms with E-state index in [1.54, 1.807) is 0 Å². The van der Waals surface area contributed by atoms with E-state index in [-0.39, 0.29) is 6.03 Å². The van der Waals surface area contributed by atoms with Gasteiger partial charge in [0, 0.05) is 24.3 Å². The summed E-state index contributed by atoms with van der Waals surface area (Å²) in [5, 5.41) is 6.06. The van der Waals surface area contributed by atoms with Gasteiger partial charge in [0.25, 0.3) is 0 Å². The topological polar surface area (TPSA) is 50.4 Å². The Labute approximate surface area is 130 Å². The van der Waals surface area contributed by atoms with Gasteiger partial charge in [0.2, 0.25) is 0 Å². The molecule has 1 aromatic rings. The Bertz CT molecular complexity index is 489. The first-order valence-electron chi connectivity index (χ1n) is 7.64. The maximum absolute atomic E-state index is 11.9. The fourth-order valence-electron chi connectivity index (χ4n) is 2.85. The van der Waals surface area contributed by atoms with Gasteiger partial charge >= 0.3 is 6.03 Å². The first kappa shape index (κ1) is 14.6. The van der Waals surface area contributed by atoms with Crippen molar-refractivity contribution in [3.63, 3.8) is 0 Å². The largest absolute Gasteiger partial charge is 0.493 e. The van der Waals surface area contributed by atoms with E-state index in [2.05, 4.69) is 16.7 Å². The van der Waals surface area contributed by atoms with E-state index in [0.717, 1.165) is 24.3 Å². The monoisotopic (exact) mass is 306 g/mol. The van der Waals surface area contributed by atoms with Gasteiger partial charge in [0.05, 0.1) is 6.61 Å². The number of fused-ring (bicyclic) bond motifs is 1. The quantitative estimate of drug-likeness (QED) is 0.902. The summed E-state index contributed by atoms with van der Waals surface area (Å²) < 4.78 is 5.74.